The first-order valence-corrected chi connectivity index (χ1v) is 7.57. The average molecular weight is 327 g/mol. The van der Waals surface area contributed by atoms with Crippen LogP contribution in [-0.4, -0.2) is 32.3 Å². The number of benzene rings is 1. The molecule has 1 heterocycles. The van der Waals surface area contributed by atoms with E-state index < -0.39 is 0 Å². The number of nitrogens with two attached hydrogens (primary N) is 1. The van der Waals surface area contributed by atoms with E-state index in [4.69, 9.17) is 5.73 Å². The van der Waals surface area contributed by atoms with Gasteiger partial charge in [-0.3, -0.25) is 4.79 Å². The molecule has 24 heavy (non-hydrogen) atoms. The van der Waals surface area contributed by atoms with Crippen LogP contribution in [0, 0.1) is 0 Å². The Morgan fingerprint density at radius 1 is 1.38 bits per heavy atom. The molecule has 0 saturated heterocycles. The van der Waals surface area contributed by atoms with Crippen molar-refractivity contribution in [3.8, 4) is 0 Å². The van der Waals surface area contributed by atoms with Gasteiger partial charge in [0.2, 0.25) is 0 Å². The Bertz CT molecular complexity index is 744. The fourth-order valence-corrected chi connectivity index (χ4v) is 1.97. The Labute approximate surface area is 140 Å². The first-order valence-electron chi connectivity index (χ1n) is 7.57. The van der Waals surface area contributed by atoms with Gasteiger partial charge in [-0.1, -0.05) is 49.3 Å². The first-order chi connectivity index (χ1) is 11.4. The molecule has 2 rings (SSSR count). The van der Waals surface area contributed by atoms with Crippen LogP contribution in [0.25, 0.3) is 6.08 Å². The Balaban J connectivity index is 1.87. The number of nitrogens with one attached hydrogen (secondary N) is 1. The van der Waals surface area contributed by atoms with Crippen molar-refractivity contribution in [2.75, 3.05) is 5.73 Å². The molecule has 0 spiro atoms. The molecule has 0 saturated carbocycles. The number of tetrazole rings is 1. The molecule has 1 aromatic heterocycles. The minimum Gasteiger partial charge on any atom is -0.365 e. The molecule has 3 N–H and O–H groups in total. The van der Waals surface area contributed by atoms with Crippen LogP contribution in [-0.2, 0) is 11.3 Å². The summed E-state index contributed by atoms with van der Waals surface area (Å²) in [6.07, 6.45) is 3.57. The number of carbonyl (C=O) groups is 1. The van der Waals surface area contributed by atoms with Gasteiger partial charge in [0.15, 0.2) is 0 Å². The summed E-state index contributed by atoms with van der Waals surface area (Å²) in [5, 5.41) is 14.7. The van der Waals surface area contributed by atoms with E-state index in [9.17, 15) is 4.79 Å². The number of hydrogen-bond donors (Lipinski definition) is 2. The fraction of sp³-hybridized carbons (Fsp3) is 0.312. The third-order valence-corrected chi connectivity index (χ3v) is 3.21. The van der Waals surface area contributed by atoms with Gasteiger partial charge in [0, 0.05) is 0 Å². The van der Waals surface area contributed by atoms with Crippen LogP contribution < -0.4 is 11.2 Å². The van der Waals surface area contributed by atoms with Crippen molar-refractivity contribution >= 4 is 24.1 Å². The summed E-state index contributed by atoms with van der Waals surface area (Å²) in [7, 11) is 0. The number of aromatic nitrogens is 4. The van der Waals surface area contributed by atoms with Crippen molar-refractivity contribution in [1.29, 1.82) is 0 Å². The lowest BCUT2D eigenvalue weighted by atomic mass is 10.0. The normalized spacial score (nSPS) is 12.1. The molecule has 126 valence electrons. The number of nitrogen functional groups attached to an aromatic ring is 1. The van der Waals surface area contributed by atoms with E-state index in [1.165, 1.54) is 5.56 Å². The van der Waals surface area contributed by atoms with Gasteiger partial charge in [-0.25, -0.2) is 5.43 Å². The Kier molecular flexibility index (Phi) is 5.78. The Morgan fingerprint density at radius 3 is 2.67 bits per heavy atom. The first kappa shape index (κ1) is 17.3. The third-order valence-electron chi connectivity index (χ3n) is 3.21. The zero-order valence-electron chi connectivity index (χ0n) is 14.0. The average Bonchev–Trinajstić information content (AvgIpc) is 2.92. The standard InChI is InChI=1S/C16H21N7O/c1-11(2)14-6-4-13(5-7-14)8-12(3)9-18-19-15(24)10-23-21-16(17)20-22-23/h4-9,11H,10H2,1-3H3,(H2,17,21)(H,19,24)/b12-8+,18-9-. The molecule has 0 aliphatic carbocycles. The van der Waals surface area contributed by atoms with E-state index in [2.05, 4.69) is 64.1 Å². The summed E-state index contributed by atoms with van der Waals surface area (Å²) in [4.78, 5) is 12.7. The highest BCUT2D eigenvalue weighted by molar-refractivity contribution is 5.86. The number of nitrogens with zero attached hydrogens (tertiary/aromatic N) is 5. The van der Waals surface area contributed by atoms with Gasteiger partial charge < -0.3 is 5.73 Å². The van der Waals surface area contributed by atoms with Gasteiger partial charge in [-0.15, -0.1) is 5.10 Å². The van der Waals surface area contributed by atoms with Gasteiger partial charge in [-0.2, -0.15) is 9.90 Å². The quantitative estimate of drug-likeness (QED) is 0.618. The molecule has 8 nitrogen and oxygen atoms in total. The highest BCUT2D eigenvalue weighted by Crippen LogP contribution is 2.15. The van der Waals surface area contributed by atoms with Crippen LogP contribution in [0.15, 0.2) is 34.9 Å². The molecule has 0 aliphatic rings. The maximum atomic E-state index is 11.6. The minimum absolute atomic E-state index is 0.0218. The van der Waals surface area contributed by atoms with Crippen molar-refractivity contribution < 1.29 is 4.79 Å². The highest BCUT2D eigenvalue weighted by Gasteiger charge is 2.04. The minimum atomic E-state index is -0.363. The van der Waals surface area contributed by atoms with Gasteiger partial charge in [0.1, 0.15) is 6.54 Å². The molecule has 8 heteroatoms. The van der Waals surface area contributed by atoms with Crippen molar-refractivity contribution in [3.05, 3.63) is 41.0 Å². The summed E-state index contributed by atoms with van der Waals surface area (Å²) < 4.78 is 0. The summed E-state index contributed by atoms with van der Waals surface area (Å²) in [6, 6.07) is 8.34. The monoisotopic (exact) mass is 327 g/mol. The predicted molar refractivity (Wildman–Crippen MR) is 93.0 cm³/mol. The molecular weight excluding hydrogens is 306 g/mol. The third kappa shape index (κ3) is 5.31. The molecule has 0 atom stereocenters. The summed E-state index contributed by atoms with van der Waals surface area (Å²) >= 11 is 0. The smallest absolute Gasteiger partial charge is 0.263 e. The highest BCUT2D eigenvalue weighted by atomic mass is 16.2. The van der Waals surface area contributed by atoms with Gasteiger partial charge >= 0.3 is 0 Å². The summed E-state index contributed by atoms with van der Waals surface area (Å²) in [5.41, 5.74) is 11.0. The Morgan fingerprint density at radius 2 is 2.08 bits per heavy atom. The number of hydrazone groups is 1. The summed E-state index contributed by atoms with van der Waals surface area (Å²) in [5.74, 6) is 0.169. The maximum absolute atomic E-state index is 11.6. The van der Waals surface area contributed by atoms with Gasteiger partial charge in [0.25, 0.3) is 11.9 Å². The summed E-state index contributed by atoms with van der Waals surface area (Å²) in [6.45, 7) is 6.13. The molecular formula is C16H21N7O. The van der Waals surface area contributed by atoms with Crippen molar-refractivity contribution in [2.24, 2.45) is 5.10 Å². The molecule has 2 aromatic rings. The molecule has 1 amide bonds. The van der Waals surface area contributed by atoms with Gasteiger partial charge in [-0.05, 0) is 34.8 Å². The topological polar surface area (TPSA) is 111 Å². The molecule has 0 radical (unpaired) electrons. The SMILES string of the molecule is CC(/C=N\NC(=O)Cn1nnc(N)n1)=C\c1ccc(C(C)C)cc1. The molecule has 0 bridgehead atoms. The van der Waals surface area contributed by atoms with Crippen LogP contribution >= 0.6 is 0 Å². The number of anilines is 1. The van der Waals surface area contributed by atoms with E-state index in [1.807, 2.05) is 13.0 Å². The lowest BCUT2D eigenvalue weighted by Crippen LogP contribution is -2.24. The van der Waals surface area contributed by atoms with E-state index in [-0.39, 0.29) is 18.4 Å². The zero-order valence-corrected chi connectivity index (χ0v) is 14.0. The predicted octanol–water partition coefficient (Wildman–Crippen LogP) is 1.58. The van der Waals surface area contributed by atoms with Crippen LogP contribution in [0.3, 0.4) is 0 Å². The van der Waals surface area contributed by atoms with Crippen molar-refractivity contribution in [2.45, 2.75) is 33.2 Å². The molecule has 0 fully saturated rings. The van der Waals surface area contributed by atoms with E-state index in [0.717, 1.165) is 15.9 Å². The van der Waals surface area contributed by atoms with E-state index >= 15 is 0 Å². The number of allylic oxidation sites excluding steroid dienone is 1. The lowest BCUT2D eigenvalue weighted by molar-refractivity contribution is -0.122. The van der Waals surface area contributed by atoms with Gasteiger partial charge in [0.05, 0.1) is 6.21 Å². The van der Waals surface area contributed by atoms with Crippen LogP contribution in [0.1, 0.15) is 37.8 Å². The molecule has 1 aromatic carbocycles. The lowest BCUT2D eigenvalue weighted by Gasteiger charge is -2.05. The maximum Gasteiger partial charge on any atom is 0.263 e. The largest absolute Gasteiger partial charge is 0.365 e. The van der Waals surface area contributed by atoms with E-state index in [0.29, 0.717) is 5.92 Å². The van der Waals surface area contributed by atoms with Crippen molar-refractivity contribution in [1.82, 2.24) is 25.6 Å². The van der Waals surface area contributed by atoms with E-state index in [1.54, 1.807) is 6.21 Å². The van der Waals surface area contributed by atoms with Crippen molar-refractivity contribution in [3.63, 3.8) is 0 Å². The molecule has 0 unspecified atom stereocenters. The van der Waals surface area contributed by atoms with Crippen LogP contribution in [0.2, 0.25) is 0 Å². The number of rotatable bonds is 6. The second kappa shape index (κ2) is 8.00. The zero-order chi connectivity index (χ0) is 17.5. The fourth-order valence-electron chi connectivity index (χ4n) is 1.97. The number of carbonyl (C=O) groups excluding carboxylic acids is 1. The second-order valence-corrected chi connectivity index (χ2v) is 5.68. The van der Waals surface area contributed by atoms with Crippen LogP contribution in [0.4, 0.5) is 5.95 Å². The Hall–Kier alpha value is -3.03. The number of amides is 1. The molecule has 0 aliphatic heterocycles. The number of hydrogen-bond acceptors (Lipinski definition) is 6. The van der Waals surface area contributed by atoms with Crippen LogP contribution in [0.5, 0.6) is 0 Å². The second-order valence-electron chi connectivity index (χ2n) is 5.68.